The molecule has 1 saturated heterocycles. The van der Waals surface area contributed by atoms with Gasteiger partial charge in [0.1, 0.15) is 6.04 Å². The number of rotatable bonds is 5. The van der Waals surface area contributed by atoms with Gasteiger partial charge in [0.05, 0.1) is 12.2 Å². The molecule has 2 amide bonds. The van der Waals surface area contributed by atoms with Gasteiger partial charge in [0.2, 0.25) is 5.91 Å². The molecule has 8 heteroatoms. The number of esters is 1. The van der Waals surface area contributed by atoms with Gasteiger partial charge >= 0.3 is 12.1 Å². The minimum atomic E-state index is -1.10. The summed E-state index contributed by atoms with van der Waals surface area (Å²) in [4.78, 5) is 36.8. The lowest BCUT2D eigenvalue weighted by molar-refractivity contribution is -0.119. The number of carbonyl (C=O) groups is 3. The lowest BCUT2D eigenvalue weighted by Gasteiger charge is -2.21. The maximum atomic E-state index is 12.5. The highest BCUT2D eigenvalue weighted by molar-refractivity contribution is 6.33. The van der Waals surface area contributed by atoms with E-state index in [2.05, 4.69) is 5.32 Å². The molecule has 1 atom stereocenters. The summed E-state index contributed by atoms with van der Waals surface area (Å²) >= 11 is 6.32. The first-order valence-corrected chi connectivity index (χ1v) is 9.66. The van der Waals surface area contributed by atoms with Crippen LogP contribution in [0.25, 0.3) is 11.1 Å². The van der Waals surface area contributed by atoms with Gasteiger partial charge < -0.3 is 15.2 Å². The van der Waals surface area contributed by atoms with E-state index >= 15 is 0 Å². The molecule has 2 aromatic carbocycles. The van der Waals surface area contributed by atoms with E-state index in [-0.39, 0.29) is 5.91 Å². The molecule has 0 aromatic heterocycles. The molecule has 1 heterocycles. The van der Waals surface area contributed by atoms with Crippen molar-refractivity contribution in [1.29, 1.82) is 0 Å². The number of hydrogen-bond donors (Lipinski definition) is 2. The Hall–Kier alpha value is -3.06. The fourth-order valence-corrected chi connectivity index (χ4v) is 3.55. The van der Waals surface area contributed by atoms with Crippen molar-refractivity contribution in [3.05, 3.63) is 53.1 Å². The van der Waals surface area contributed by atoms with E-state index < -0.39 is 18.1 Å². The van der Waals surface area contributed by atoms with E-state index in [4.69, 9.17) is 16.3 Å². The molecule has 0 unspecified atom stereocenters. The summed E-state index contributed by atoms with van der Waals surface area (Å²) in [5.41, 5.74) is 2.40. The topological polar surface area (TPSA) is 95.9 Å². The summed E-state index contributed by atoms with van der Waals surface area (Å²) in [6.45, 7) is 2.40. The highest BCUT2D eigenvalue weighted by Gasteiger charge is 2.34. The number of nitrogens with zero attached hydrogens (tertiary/aromatic N) is 1. The first-order valence-electron chi connectivity index (χ1n) is 9.28. The first kappa shape index (κ1) is 20.7. The van der Waals surface area contributed by atoms with Gasteiger partial charge in [-0.1, -0.05) is 23.7 Å². The zero-order chi connectivity index (χ0) is 21.0. The number of amides is 2. The average molecular weight is 417 g/mol. The molecule has 0 saturated carbocycles. The van der Waals surface area contributed by atoms with Crippen LogP contribution in [0.4, 0.5) is 10.5 Å². The SMILES string of the molecule is CCOC(=O)c1ccc(-c2cc(NC(=O)[C@H]3CCCN3C(=O)O)ccc2Cl)cc1. The van der Waals surface area contributed by atoms with E-state index in [9.17, 15) is 19.5 Å². The molecule has 152 valence electrons. The summed E-state index contributed by atoms with van der Waals surface area (Å²) in [6.07, 6.45) is 0.0536. The van der Waals surface area contributed by atoms with Crippen LogP contribution in [0.2, 0.25) is 5.02 Å². The molecular formula is C21H21ClN2O5. The number of nitrogens with one attached hydrogen (secondary N) is 1. The summed E-state index contributed by atoms with van der Waals surface area (Å²) in [6, 6.07) is 11.2. The van der Waals surface area contributed by atoms with Crippen molar-refractivity contribution in [2.45, 2.75) is 25.8 Å². The Kier molecular flexibility index (Phi) is 6.39. The van der Waals surface area contributed by atoms with Gasteiger partial charge in [-0.3, -0.25) is 9.69 Å². The molecule has 0 aliphatic carbocycles. The molecule has 2 N–H and O–H groups in total. The maximum absolute atomic E-state index is 12.5. The van der Waals surface area contributed by atoms with Gasteiger partial charge in [-0.2, -0.15) is 0 Å². The number of carbonyl (C=O) groups excluding carboxylic acids is 2. The van der Waals surface area contributed by atoms with E-state index in [0.29, 0.717) is 47.8 Å². The van der Waals surface area contributed by atoms with Crippen LogP contribution >= 0.6 is 11.6 Å². The largest absolute Gasteiger partial charge is 0.465 e. The van der Waals surface area contributed by atoms with Gasteiger partial charge in [0.15, 0.2) is 0 Å². The predicted octanol–water partition coefficient (Wildman–Crippen LogP) is 4.26. The van der Waals surface area contributed by atoms with E-state index in [1.54, 1.807) is 49.4 Å². The van der Waals surface area contributed by atoms with Crippen LogP contribution in [0.1, 0.15) is 30.1 Å². The summed E-state index contributed by atoms with van der Waals surface area (Å²) in [7, 11) is 0. The molecule has 29 heavy (non-hydrogen) atoms. The minimum absolute atomic E-state index is 0.300. The fraction of sp³-hybridized carbons (Fsp3) is 0.286. The Bertz CT molecular complexity index is 929. The molecule has 0 radical (unpaired) electrons. The van der Waals surface area contributed by atoms with Gasteiger partial charge in [-0.15, -0.1) is 0 Å². The smallest absolute Gasteiger partial charge is 0.407 e. The van der Waals surface area contributed by atoms with Crippen LogP contribution in [-0.4, -0.2) is 47.2 Å². The zero-order valence-electron chi connectivity index (χ0n) is 15.9. The molecule has 1 fully saturated rings. The highest BCUT2D eigenvalue weighted by atomic mass is 35.5. The summed E-state index contributed by atoms with van der Waals surface area (Å²) in [5, 5.41) is 12.5. The zero-order valence-corrected chi connectivity index (χ0v) is 16.6. The number of hydrogen-bond acceptors (Lipinski definition) is 4. The number of ether oxygens (including phenoxy) is 1. The molecule has 0 bridgehead atoms. The van der Waals surface area contributed by atoms with Crippen molar-refractivity contribution >= 4 is 35.3 Å². The molecule has 7 nitrogen and oxygen atoms in total. The fourth-order valence-electron chi connectivity index (χ4n) is 3.32. The van der Waals surface area contributed by atoms with Crippen LogP contribution in [-0.2, 0) is 9.53 Å². The van der Waals surface area contributed by atoms with Gasteiger partial charge in [-0.05, 0) is 55.7 Å². The van der Waals surface area contributed by atoms with Crippen molar-refractivity contribution in [2.24, 2.45) is 0 Å². The van der Waals surface area contributed by atoms with Crippen molar-refractivity contribution in [2.75, 3.05) is 18.5 Å². The number of carboxylic acid groups (broad SMARTS) is 1. The number of benzene rings is 2. The summed E-state index contributed by atoms with van der Waals surface area (Å²) < 4.78 is 4.98. The number of likely N-dealkylation sites (tertiary alicyclic amines) is 1. The first-order chi connectivity index (χ1) is 13.9. The Morgan fingerprint density at radius 2 is 1.93 bits per heavy atom. The maximum Gasteiger partial charge on any atom is 0.407 e. The normalized spacial score (nSPS) is 15.8. The van der Waals surface area contributed by atoms with Crippen LogP contribution in [0.15, 0.2) is 42.5 Å². The lowest BCUT2D eigenvalue weighted by Crippen LogP contribution is -2.42. The van der Waals surface area contributed by atoms with Gasteiger partial charge in [-0.25, -0.2) is 9.59 Å². The van der Waals surface area contributed by atoms with Crippen molar-refractivity contribution in [3.8, 4) is 11.1 Å². The van der Waals surface area contributed by atoms with Crippen molar-refractivity contribution in [1.82, 2.24) is 4.90 Å². The Morgan fingerprint density at radius 1 is 1.21 bits per heavy atom. The quantitative estimate of drug-likeness (QED) is 0.710. The third-order valence-electron chi connectivity index (χ3n) is 4.74. The molecular weight excluding hydrogens is 396 g/mol. The minimum Gasteiger partial charge on any atom is -0.465 e. The average Bonchev–Trinajstić information content (AvgIpc) is 3.20. The van der Waals surface area contributed by atoms with E-state index in [1.165, 1.54) is 0 Å². The molecule has 1 aliphatic heterocycles. The second-order valence-electron chi connectivity index (χ2n) is 6.62. The monoisotopic (exact) mass is 416 g/mol. The second kappa shape index (κ2) is 8.96. The van der Waals surface area contributed by atoms with E-state index in [0.717, 1.165) is 10.5 Å². The molecule has 1 aliphatic rings. The van der Waals surface area contributed by atoms with Crippen LogP contribution in [0, 0.1) is 0 Å². The van der Waals surface area contributed by atoms with Crippen molar-refractivity contribution in [3.63, 3.8) is 0 Å². The van der Waals surface area contributed by atoms with Crippen LogP contribution in [0.5, 0.6) is 0 Å². The predicted molar refractivity (Wildman–Crippen MR) is 109 cm³/mol. The van der Waals surface area contributed by atoms with E-state index in [1.807, 2.05) is 0 Å². The van der Waals surface area contributed by atoms with Crippen molar-refractivity contribution < 1.29 is 24.2 Å². The molecule has 3 rings (SSSR count). The Labute approximate surface area is 173 Å². The summed E-state index contributed by atoms with van der Waals surface area (Å²) in [5.74, 6) is -0.762. The Morgan fingerprint density at radius 3 is 2.59 bits per heavy atom. The third-order valence-corrected chi connectivity index (χ3v) is 5.07. The molecule has 0 spiro atoms. The van der Waals surface area contributed by atoms with Crippen LogP contribution < -0.4 is 5.32 Å². The van der Waals surface area contributed by atoms with Gasteiger partial charge in [0, 0.05) is 22.8 Å². The second-order valence-corrected chi connectivity index (χ2v) is 7.02. The standard InChI is InChI=1S/C21H21ClN2O5/c1-2-29-20(26)14-7-5-13(6-8-14)16-12-15(9-10-17(16)22)23-19(25)18-4-3-11-24(18)21(27)28/h5-10,12,18H,2-4,11H2,1H3,(H,23,25)(H,27,28)/t18-/m1/s1. The number of halogens is 1. The highest BCUT2D eigenvalue weighted by Crippen LogP contribution is 2.31. The van der Waals surface area contributed by atoms with Gasteiger partial charge in [0.25, 0.3) is 0 Å². The number of anilines is 1. The third kappa shape index (κ3) is 4.68. The van der Waals surface area contributed by atoms with Crippen LogP contribution in [0.3, 0.4) is 0 Å². The lowest BCUT2D eigenvalue weighted by atomic mass is 10.0. The Balaban J connectivity index is 1.79. The molecule has 2 aromatic rings.